The summed E-state index contributed by atoms with van der Waals surface area (Å²) in [6, 6.07) is 5.40. The maximum Gasteiger partial charge on any atom is 0.125 e. The van der Waals surface area contributed by atoms with E-state index in [1.807, 2.05) is 6.07 Å². The van der Waals surface area contributed by atoms with Crippen molar-refractivity contribution >= 4 is 11.0 Å². The van der Waals surface area contributed by atoms with Crippen LogP contribution in [-0.4, -0.2) is 29.3 Å². The van der Waals surface area contributed by atoms with E-state index in [1.54, 1.807) is 0 Å². The number of fused-ring (bicyclic) bond motifs is 1. The molecule has 2 aromatic rings. The van der Waals surface area contributed by atoms with Crippen LogP contribution in [0.2, 0.25) is 0 Å². The Labute approximate surface area is 123 Å². The molecule has 1 saturated heterocycles. The second-order valence-electron chi connectivity index (χ2n) is 6.27. The average molecular weight is 289 g/mol. The van der Waals surface area contributed by atoms with Crippen LogP contribution in [0.1, 0.15) is 37.5 Å². The first kappa shape index (κ1) is 13.2. The molecule has 112 valence electrons. The molecule has 0 atom stereocenters. The number of halogens is 1. The van der Waals surface area contributed by atoms with Crippen LogP contribution in [0.25, 0.3) is 11.0 Å². The number of nitrogens with zero attached hydrogens (tertiary/aromatic N) is 2. The monoisotopic (exact) mass is 289 g/mol. The van der Waals surface area contributed by atoms with Gasteiger partial charge in [0.2, 0.25) is 0 Å². The lowest BCUT2D eigenvalue weighted by molar-refractivity contribution is 0.0488. The fraction of sp³-hybridized carbons (Fsp3) is 0.562. The normalized spacial score (nSPS) is 21.8. The summed E-state index contributed by atoms with van der Waals surface area (Å²) in [5.74, 6) is 0.805. The van der Waals surface area contributed by atoms with Gasteiger partial charge >= 0.3 is 0 Å². The molecule has 2 fully saturated rings. The van der Waals surface area contributed by atoms with Crippen LogP contribution >= 0.6 is 0 Å². The number of nitrogens with two attached hydrogens (primary N) is 1. The molecule has 4 nitrogen and oxygen atoms in total. The van der Waals surface area contributed by atoms with E-state index in [-0.39, 0.29) is 11.2 Å². The van der Waals surface area contributed by atoms with Gasteiger partial charge in [-0.25, -0.2) is 9.37 Å². The summed E-state index contributed by atoms with van der Waals surface area (Å²) in [4.78, 5) is 4.79. The van der Waals surface area contributed by atoms with Crippen LogP contribution in [0.15, 0.2) is 18.2 Å². The lowest BCUT2D eigenvalue weighted by Gasteiger charge is -2.36. The van der Waals surface area contributed by atoms with Crippen molar-refractivity contribution in [3.05, 3.63) is 29.8 Å². The highest BCUT2D eigenvalue weighted by Gasteiger charge is 2.40. The van der Waals surface area contributed by atoms with Crippen molar-refractivity contribution < 1.29 is 9.13 Å². The molecular formula is C16H20FN3O. The minimum absolute atomic E-state index is 0.129. The predicted octanol–water partition coefficient (Wildman–Crippen LogP) is 2.52. The highest BCUT2D eigenvalue weighted by Crippen LogP contribution is 2.43. The SMILES string of the molecule is NCC1(c2nc3cc(F)ccc3n2C2CC2)CCOCC1. The lowest BCUT2D eigenvalue weighted by Crippen LogP contribution is -2.42. The zero-order valence-electron chi connectivity index (χ0n) is 12.0. The molecule has 2 heterocycles. The first-order valence-electron chi connectivity index (χ1n) is 7.69. The third-order valence-electron chi connectivity index (χ3n) is 4.88. The van der Waals surface area contributed by atoms with Gasteiger partial charge in [-0.1, -0.05) is 0 Å². The number of imidazole rings is 1. The van der Waals surface area contributed by atoms with Crippen LogP contribution in [0.3, 0.4) is 0 Å². The lowest BCUT2D eigenvalue weighted by atomic mass is 9.79. The molecule has 0 radical (unpaired) electrons. The fourth-order valence-corrected chi connectivity index (χ4v) is 3.43. The summed E-state index contributed by atoms with van der Waals surface area (Å²) in [5, 5.41) is 0. The highest BCUT2D eigenvalue weighted by atomic mass is 19.1. The number of ether oxygens (including phenoxy) is 1. The number of benzene rings is 1. The number of hydrogen-bond acceptors (Lipinski definition) is 3. The third-order valence-corrected chi connectivity index (χ3v) is 4.88. The number of hydrogen-bond donors (Lipinski definition) is 1. The molecule has 2 N–H and O–H groups in total. The second kappa shape index (κ2) is 4.78. The molecular weight excluding hydrogens is 269 g/mol. The van der Waals surface area contributed by atoms with Gasteiger partial charge in [0.25, 0.3) is 0 Å². The molecule has 1 aromatic heterocycles. The molecule has 1 aliphatic carbocycles. The Kier molecular flexibility index (Phi) is 3.01. The molecule has 0 bridgehead atoms. The average Bonchev–Trinajstić information content (AvgIpc) is 3.28. The predicted molar refractivity (Wildman–Crippen MR) is 78.7 cm³/mol. The molecule has 0 spiro atoms. The van der Waals surface area contributed by atoms with Gasteiger partial charge in [0.1, 0.15) is 11.6 Å². The van der Waals surface area contributed by atoms with Crippen molar-refractivity contribution in [1.29, 1.82) is 0 Å². The summed E-state index contributed by atoms with van der Waals surface area (Å²) in [6.45, 7) is 2.01. The van der Waals surface area contributed by atoms with Gasteiger partial charge < -0.3 is 15.0 Å². The maximum atomic E-state index is 13.5. The molecule has 0 unspecified atom stereocenters. The molecule has 21 heavy (non-hydrogen) atoms. The smallest absolute Gasteiger partial charge is 0.125 e. The number of rotatable bonds is 3. The first-order chi connectivity index (χ1) is 10.2. The van der Waals surface area contributed by atoms with E-state index in [4.69, 9.17) is 15.5 Å². The van der Waals surface area contributed by atoms with Crippen molar-refractivity contribution in [2.24, 2.45) is 5.73 Å². The molecule has 2 aliphatic rings. The van der Waals surface area contributed by atoms with Crippen LogP contribution in [0.4, 0.5) is 4.39 Å². The standard InChI is InChI=1S/C16H20FN3O/c17-11-1-4-14-13(9-11)19-15(20(14)12-2-3-12)16(10-18)5-7-21-8-6-16/h1,4,9,12H,2-3,5-8,10,18H2. The van der Waals surface area contributed by atoms with Gasteiger partial charge in [-0.3, -0.25) is 0 Å². The second-order valence-corrected chi connectivity index (χ2v) is 6.27. The molecule has 1 aromatic carbocycles. The molecule has 4 rings (SSSR count). The third kappa shape index (κ3) is 2.07. The van der Waals surface area contributed by atoms with Gasteiger partial charge in [0, 0.05) is 37.3 Å². The zero-order chi connectivity index (χ0) is 14.4. The Hall–Kier alpha value is -1.46. The minimum atomic E-state index is -0.233. The quantitative estimate of drug-likeness (QED) is 0.944. The molecule has 1 saturated carbocycles. The summed E-state index contributed by atoms with van der Waals surface area (Å²) >= 11 is 0. The summed E-state index contributed by atoms with van der Waals surface area (Å²) in [6.07, 6.45) is 4.13. The summed E-state index contributed by atoms with van der Waals surface area (Å²) in [7, 11) is 0. The van der Waals surface area contributed by atoms with E-state index in [2.05, 4.69) is 4.57 Å². The van der Waals surface area contributed by atoms with E-state index >= 15 is 0 Å². The Morgan fingerprint density at radius 2 is 2.10 bits per heavy atom. The van der Waals surface area contributed by atoms with Crippen molar-refractivity contribution in [1.82, 2.24) is 9.55 Å². The van der Waals surface area contributed by atoms with Gasteiger partial charge in [-0.05, 0) is 37.8 Å². The Morgan fingerprint density at radius 1 is 1.33 bits per heavy atom. The van der Waals surface area contributed by atoms with Crippen molar-refractivity contribution in [2.75, 3.05) is 19.8 Å². The first-order valence-corrected chi connectivity index (χ1v) is 7.69. The van der Waals surface area contributed by atoms with E-state index in [1.165, 1.54) is 25.0 Å². The van der Waals surface area contributed by atoms with Gasteiger partial charge in [0.05, 0.1) is 11.0 Å². The molecule has 0 amide bonds. The minimum Gasteiger partial charge on any atom is -0.381 e. The summed E-state index contributed by atoms with van der Waals surface area (Å²) in [5.41, 5.74) is 7.78. The maximum absolute atomic E-state index is 13.5. The largest absolute Gasteiger partial charge is 0.381 e. The van der Waals surface area contributed by atoms with Crippen molar-refractivity contribution in [3.8, 4) is 0 Å². The van der Waals surface area contributed by atoms with Crippen LogP contribution in [0, 0.1) is 5.82 Å². The Balaban J connectivity index is 1.92. The Morgan fingerprint density at radius 3 is 2.76 bits per heavy atom. The van der Waals surface area contributed by atoms with Gasteiger partial charge in [0.15, 0.2) is 0 Å². The van der Waals surface area contributed by atoms with Crippen LogP contribution in [0.5, 0.6) is 0 Å². The fourth-order valence-electron chi connectivity index (χ4n) is 3.43. The van der Waals surface area contributed by atoms with E-state index in [9.17, 15) is 4.39 Å². The van der Waals surface area contributed by atoms with Gasteiger partial charge in [-0.15, -0.1) is 0 Å². The number of aromatic nitrogens is 2. The highest BCUT2D eigenvalue weighted by molar-refractivity contribution is 5.76. The van der Waals surface area contributed by atoms with Gasteiger partial charge in [-0.2, -0.15) is 0 Å². The van der Waals surface area contributed by atoms with Crippen molar-refractivity contribution in [2.45, 2.75) is 37.1 Å². The molecule has 1 aliphatic heterocycles. The Bertz CT molecular complexity index is 671. The van der Waals surface area contributed by atoms with E-state index in [0.717, 1.165) is 42.9 Å². The van der Waals surface area contributed by atoms with E-state index in [0.29, 0.717) is 12.6 Å². The van der Waals surface area contributed by atoms with E-state index < -0.39 is 0 Å². The van der Waals surface area contributed by atoms with Crippen LogP contribution < -0.4 is 5.73 Å². The van der Waals surface area contributed by atoms with Crippen molar-refractivity contribution in [3.63, 3.8) is 0 Å². The topological polar surface area (TPSA) is 53.1 Å². The zero-order valence-corrected chi connectivity index (χ0v) is 12.0. The van der Waals surface area contributed by atoms with Crippen LogP contribution in [-0.2, 0) is 10.2 Å². The molecule has 5 heteroatoms. The summed E-state index contributed by atoms with van der Waals surface area (Å²) < 4.78 is 21.3.